The van der Waals surface area contributed by atoms with E-state index in [1.807, 2.05) is 24.3 Å². The Bertz CT molecular complexity index is 344. The van der Waals surface area contributed by atoms with Crippen molar-refractivity contribution in [3.63, 3.8) is 0 Å². The van der Waals surface area contributed by atoms with Crippen LogP contribution in [0.3, 0.4) is 0 Å². The number of hydrogen-bond donors (Lipinski definition) is 0. The van der Waals surface area contributed by atoms with Gasteiger partial charge in [-0.25, -0.2) is 0 Å². The summed E-state index contributed by atoms with van der Waals surface area (Å²) in [5.41, 5.74) is 1.18. The Hall–Kier alpha value is -1.64. The predicted octanol–water partition coefficient (Wildman–Crippen LogP) is 2.12. The molecule has 1 aliphatic heterocycles. The number of hydrogen-bond acceptors (Lipinski definition) is 3. The molecule has 1 aromatic carbocycles. The second-order valence-corrected chi connectivity index (χ2v) is 3.00. The summed E-state index contributed by atoms with van der Waals surface area (Å²) >= 11 is 0. The zero-order valence-electron chi connectivity index (χ0n) is 8.03. The van der Waals surface area contributed by atoms with Crippen molar-refractivity contribution >= 4 is 0 Å². The molecule has 0 aromatic heterocycles. The molecule has 1 aromatic rings. The zero-order valence-corrected chi connectivity index (χ0v) is 8.03. The van der Waals surface area contributed by atoms with E-state index in [0.29, 0.717) is 6.79 Å². The molecule has 0 atom stereocenters. The largest absolute Gasteiger partial charge is 0.505 e. The lowest BCUT2D eigenvalue weighted by Crippen LogP contribution is -1.92. The Morgan fingerprint density at radius 2 is 2.21 bits per heavy atom. The molecule has 0 spiro atoms. The van der Waals surface area contributed by atoms with Gasteiger partial charge in [-0.1, -0.05) is 6.07 Å². The van der Waals surface area contributed by atoms with Crippen LogP contribution in [0.4, 0.5) is 0 Å². The van der Waals surface area contributed by atoms with E-state index in [1.165, 1.54) is 5.56 Å². The Morgan fingerprint density at radius 1 is 1.36 bits per heavy atom. The normalized spacial score (nSPS) is 13.5. The first kappa shape index (κ1) is 8.94. The fourth-order valence-corrected chi connectivity index (χ4v) is 1.35. The highest BCUT2D eigenvalue weighted by molar-refractivity contribution is 5.44. The summed E-state index contributed by atoms with van der Waals surface area (Å²) in [5, 5.41) is 0. The molecule has 1 aliphatic rings. The van der Waals surface area contributed by atoms with Crippen molar-refractivity contribution in [1.29, 1.82) is 0 Å². The van der Waals surface area contributed by atoms with Gasteiger partial charge < -0.3 is 14.2 Å². The number of rotatable bonds is 3. The highest BCUT2D eigenvalue weighted by Crippen LogP contribution is 2.32. The van der Waals surface area contributed by atoms with Crippen molar-refractivity contribution in [3.05, 3.63) is 36.1 Å². The van der Waals surface area contributed by atoms with Crippen molar-refractivity contribution in [3.8, 4) is 11.5 Å². The summed E-state index contributed by atoms with van der Waals surface area (Å²) in [6.07, 6.45) is 4.46. The molecule has 1 heterocycles. The third-order valence-electron chi connectivity index (χ3n) is 2.02. The lowest BCUT2D eigenvalue weighted by molar-refractivity contribution is 0.174. The van der Waals surface area contributed by atoms with E-state index in [4.69, 9.17) is 14.2 Å². The van der Waals surface area contributed by atoms with Crippen LogP contribution in [0, 0.1) is 0 Å². The minimum Gasteiger partial charge on any atom is -0.505 e. The lowest BCUT2D eigenvalue weighted by Gasteiger charge is -1.99. The molecule has 2 rings (SSSR count). The van der Waals surface area contributed by atoms with Gasteiger partial charge >= 0.3 is 0 Å². The van der Waals surface area contributed by atoms with Gasteiger partial charge in [0.15, 0.2) is 11.5 Å². The Morgan fingerprint density at radius 3 is 3.07 bits per heavy atom. The SMILES string of the molecule is CO/C=C\Cc1ccc2c(c1)OCO2. The van der Waals surface area contributed by atoms with E-state index in [-0.39, 0.29) is 0 Å². The highest BCUT2D eigenvalue weighted by Gasteiger charge is 2.12. The van der Waals surface area contributed by atoms with E-state index in [1.54, 1.807) is 13.4 Å². The standard InChI is InChI=1S/C11H12O3/c1-12-6-2-3-9-4-5-10-11(7-9)14-8-13-10/h2,4-7H,3,8H2,1H3/b6-2-. The van der Waals surface area contributed by atoms with Crippen LogP contribution in [0.25, 0.3) is 0 Å². The van der Waals surface area contributed by atoms with E-state index < -0.39 is 0 Å². The highest BCUT2D eigenvalue weighted by atomic mass is 16.7. The maximum atomic E-state index is 5.27. The van der Waals surface area contributed by atoms with Crippen molar-refractivity contribution in [2.24, 2.45) is 0 Å². The molecule has 3 heteroatoms. The van der Waals surface area contributed by atoms with Crippen molar-refractivity contribution in [2.75, 3.05) is 13.9 Å². The van der Waals surface area contributed by atoms with E-state index in [9.17, 15) is 0 Å². The average molecular weight is 192 g/mol. The number of methoxy groups -OCH3 is 1. The smallest absolute Gasteiger partial charge is 0.231 e. The Labute approximate surface area is 82.9 Å². The van der Waals surface area contributed by atoms with Crippen LogP contribution < -0.4 is 9.47 Å². The second kappa shape index (κ2) is 4.05. The quantitative estimate of drug-likeness (QED) is 0.686. The molecule has 14 heavy (non-hydrogen) atoms. The molecule has 0 amide bonds. The summed E-state index contributed by atoms with van der Waals surface area (Å²) < 4.78 is 15.3. The summed E-state index contributed by atoms with van der Waals surface area (Å²) in [4.78, 5) is 0. The fourth-order valence-electron chi connectivity index (χ4n) is 1.35. The van der Waals surface area contributed by atoms with Gasteiger partial charge in [0.2, 0.25) is 6.79 Å². The molecule has 0 N–H and O–H groups in total. The fraction of sp³-hybridized carbons (Fsp3) is 0.273. The van der Waals surface area contributed by atoms with E-state index in [2.05, 4.69) is 0 Å². The minimum atomic E-state index is 0.326. The molecule has 0 bridgehead atoms. The van der Waals surface area contributed by atoms with Crippen molar-refractivity contribution in [1.82, 2.24) is 0 Å². The molecule has 0 unspecified atom stereocenters. The Kier molecular flexibility index (Phi) is 2.58. The first-order chi connectivity index (χ1) is 6.90. The molecule has 0 aliphatic carbocycles. The lowest BCUT2D eigenvalue weighted by atomic mass is 10.1. The average Bonchev–Trinajstić information content (AvgIpc) is 2.65. The van der Waals surface area contributed by atoms with Gasteiger partial charge in [-0.2, -0.15) is 0 Å². The molecular weight excluding hydrogens is 180 g/mol. The zero-order chi connectivity index (χ0) is 9.80. The first-order valence-electron chi connectivity index (χ1n) is 4.46. The molecular formula is C11H12O3. The van der Waals surface area contributed by atoms with Crippen molar-refractivity contribution in [2.45, 2.75) is 6.42 Å². The van der Waals surface area contributed by atoms with E-state index in [0.717, 1.165) is 17.9 Å². The summed E-state index contributed by atoms with van der Waals surface area (Å²) in [7, 11) is 1.64. The van der Waals surface area contributed by atoms with Gasteiger partial charge in [-0.3, -0.25) is 0 Å². The van der Waals surface area contributed by atoms with Gasteiger partial charge in [0.1, 0.15) is 0 Å². The molecule has 74 valence electrons. The van der Waals surface area contributed by atoms with Gasteiger partial charge in [0.25, 0.3) is 0 Å². The third-order valence-corrected chi connectivity index (χ3v) is 2.02. The maximum Gasteiger partial charge on any atom is 0.231 e. The second-order valence-electron chi connectivity index (χ2n) is 3.00. The van der Waals surface area contributed by atoms with E-state index >= 15 is 0 Å². The van der Waals surface area contributed by atoms with Crippen LogP contribution in [0.5, 0.6) is 11.5 Å². The minimum absolute atomic E-state index is 0.326. The van der Waals surface area contributed by atoms with Gasteiger partial charge in [-0.05, 0) is 30.2 Å². The Balaban J connectivity index is 2.09. The molecule has 3 nitrogen and oxygen atoms in total. The monoisotopic (exact) mass is 192 g/mol. The predicted molar refractivity (Wildman–Crippen MR) is 52.4 cm³/mol. The summed E-state index contributed by atoms with van der Waals surface area (Å²) in [5.74, 6) is 1.65. The molecule has 0 fully saturated rings. The number of fused-ring (bicyclic) bond motifs is 1. The summed E-state index contributed by atoms with van der Waals surface area (Å²) in [6.45, 7) is 0.326. The topological polar surface area (TPSA) is 27.7 Å². The van der Waals surface area contributed by atoms with Crippen LogP contribution in [0.15, 0.2) is 30.5 Å². The molecule has 0 radical (unpaired) electrons. The number of allylic oxidation sites excluding steroid dienone is 1. The third kappa shape index (κ3) is 1.82. The van der Waals surface area contributed by atoms with Crippen LogP contribution in [-0.2, 0) is 11.2 Å². The van der Waals surface area contributed by atoms with Gasteiger partial charge in [0.05, 0.1) is 13.4 Å². The van der Waals surface area contributed by atoms with Crippen LogP contribution in [0.1, 0.15) is 5.56 Å². The van der Waals surface area contributed by atoms with Gasteiger partial charge in [0, 0.05) is 0 Å². The van der Waals surface area contributed by atoms with Crippen LogP contribution in [-0.4, -0.2) is 13.9 Å². The first-order valence-corrected chi connectivity index (χ1v) is 4.46. The van der Waals surface area contributed by atoms with Crippen LogP contribution >= 0.6 is 0 Å². The van der Waals surface area contributed by atoms with Gasteiger partial charge in [-0.15, -0.1) is 0 Å². The maximum absolute atomic E-state index is 5.27. The number of benzene rings is 1. The van der Waals surface area contributed by atoms with Crippen molar-refractivity contribution < 1.29 is 14.2 Å². The molecule has 0 saturated carbocycles. The van der Waals surface area contributed by atoms with Crippen LogP contribution in [0.2, 0.25) is 0 Å². The summed E-state index contributed by atoms with van der Waals surface area (Å²) in [6, 6.07) is 5.94. The molecule has 0 saturated heterocycles. The number of ether oxygens (including phenoxy) is 3.